The molecule has 2 atom stereocenters. The van der Waals surface area contributed by atoms with E-state index < -0.39 is 23.3 Å². The van der Waals surface area contributed by atoms with Crippen LogP contribution in [0.15, 0.2) is 58.1 Å². The van der Waals surface area contributed by atoms with Crippen LogP contribution in [-0.2, 0) is 6.42 Å². The van der Waals surface area contributed by atoms with E-state index in [1.165, 1.54) is 4.57 Å². The molecular formula is C24H24N4O4. The smallest absolute Gasteiger partial charge is 0.331 e. The minimum atomic E-state index is -0.648. The quantitative estimate of drug-likeness (QED) is 0.396. The monoisotopic (exact) mass is 432 g/mol. The summed E-state index contributed by atoms with van der Waals surface area (Å²) in [7, 11) is 1.62. The first-order chi connectivity index (χ1) is 15.5. The molecule has 2 aromatic heterocycles. The fourth-order valence-electron chi connectivity index (χ4n) is 4.63. The third kappa shape index (κ3) is 3.11. The van der Waals surface area contributed by atoms with Crippen LogP contribution in [-0.4, -0.2) is 33.3 Å². The molecule has 0 aliphatic carbocycles. The van der Waals surface area contributed by atoms with Gasteiger partial charge >= 0.3 is 5.69 Å². The Bertz CT molecular complexity index is 1420. The molecule has 0 unspecified atom stereocenters. The average molecular weight is 432 g/mol. The minimum absolute atomic E-state index is 0.117. The van der Waals surface area contributed by atoms with Gasteiger partial charge in [0, 0.05) is 23.1 Å². The van der Waals surface area contributed by atoms with Gasteiger partial charge < -0.3 is 20.1 Å². The Labute approximate surface area is 183 Å². The van der Waals surface area contributed by atoms with Gasteiger partial charge in [0.1, 0.15) is 11.3 Å². The summed E-state index contributed by atoms with van der Waals surface area (Å²) in [5, 5.41) is 15.5. The lowest BCUT2D eigenvalue weighted by atomic mass is 9.95. The first-order valence-corrected chi connectivity index (χ1v) is 10.5. The molecule has 1 aliphatic rings. The Hall–Kier alpha value is -3.78. The molecule has 2 aromatic carbocycles. The molecule has 0 radical (unpaired) electrons. The van der Waals surface area contributed by atoms with Crippen molar-refractivity contribution < 1.29 is 9.84 Å². The number of aromatic nitrogens is 3. The van der Waals surface area contributed by atoms with Gasteiger partial charge in [-0.05, 0) is 42.7 Å². The van der Waals surface area contributed by atoms with Crippen LogP contribution >= 0.6 is 0 Å². The third-order valence-electron chi connectivity index (χ3n) is 6.27. The predicted octanol–water partition coefficient (Wildman–Crippen LogP) is 2.58. The number of rotatable bonds is 4. The number of ether oxygens (including phenoxy) is 1. The molecule has 8 heteroatoms. The second kappa shape index (κ2) is 7.72. The van der Waals surface area contributed by atoms with E-state index in [0.717, 1.165) is 39.9 Å². The fourth-order valence-corrected chi connectivity index (χ4v) is 4.63. The standard InChI is InChI=1S/C24H24N4O4/c1-13(14-6-4-3-5-7-14)28-23(30)19(22(29)27-24(28)31)21-20-16(10-11-25-21)17-12-15(32-2)8-9-18(17)26-20/h3-9,12-13,21,25-26,30H,10-11H2,1-2H3,(H,27,29,31)/t13-,21-/m1/s1. The lowest BCUT2D eigenvalue weighted by Gasteiger charge is -2.26. The van der Waals surface area contributed by atoms with Gasteiger partial charge in [0.2, 0.25) is 5.88 Å². The zero-order valence-corrected chi connectivity index (χ0v) is 17.8. The molecule has 1 aliphatic heterocycles. The van der Waals surface area contributed by atoms with E-state index in [1.807, 2.05) is 55.5 Å². The molecule has 8 nitrogen and oxygen atoms in total. The van der Waals surface area contributed by atoms with E-state index in [1.54, 1.807) is 7.11 Å². The molecule has 0 spiro atoms. The first kappa shape index (κ1) is 20.1. The van der Waals surface area contributed by atoms with Crippen molar-refractivity contribution in [3.63, 3.8) is 0 Å². The molecule has 0 fully saturated rings. The summed E-state index contributed by atoms with van der Waals surface area (Å²) in [5.74, 6) is 0.414. The number of aromatic hydroxyl groups is 1. The summed E-state index contributed by atoms with van der Waals surface area (Å²) >= 11 is 0. The van der Waals surface area contributed by atoms with Crippen molar-refractivity contribution in [1.29, 1.82) is 0 Å². The number of methoxy groups -OCH3 is 1. The van der Waals surface area contributed by atoms with Gasteiger partial charge in [-0.3, -0.25) is 14.3 Å². The zero-order chi connectivity index (χ0) is 22.4. The van der Waals surface area contributed by atoms with E-state index in [9.17, 15) is 14.7 Å². The second-order valence-electron chi connectivity index (χ2n) is 8.02. The molecule has 3 heterocycles. The lowest BCUT2D eigenvalue weighted by molar-refractivity contribution is 0.372. The van der Waals surface area contributed by atoms with Gasteiger partial charge in [-0.2, -0.15) is 0 Å². The summed E-state index contributed by atoms with van der Waals surface area (Å²) in [6, 6.07) is 14.1. The van der Waals surface area contributed by atoms with Crippen LogP contribution < -0.4 is 21.3 Å². The molecule has 164 valence electrons. The maximum atomic E-state index is 12.9. The number of hydrogen-bond acceptors (Lipinski definition) is 5. The molecule has 0 saturated carbocycles. The van der Waals surface area contributed by atoms with E-state index in [-0.39, 0.29) is 11.4 Å². The van der Waals surface area contributed by atoms with Gasteiger partial charge in [-0.25, -0.2) is 4.79 Å². The van der Waals surface area contributed by atoms with Crippen LogP contribution in [0.3, 0.4) is 0 Å². The Kier molecular flexibility index (Phi) is 4.86. The topological polar surface area (TPSA) is 112 Å². The molecule has 5 rings (SSSR count). The van der Waals surface area contributed by atoms with Crippen molar-refractivity contribution in [2.75, 3.05) is 13.7 Å². The van der Waals surface area contributed by atoms with Crippen molar-refractivity contribution in [3.05, 3.63) is 91.8 Å². The maximum absolute atomic E-state index is 12.9. The Morgan fingerprint density at radius 3 is 2.66 bits per heavy atom. The molecule has 4 N–H and O–H groups in total. The molecule has 4 aromatic rings. The maximum Gasteiger partial charge on any atom is 0.331 e. The predicted molar refractivity (Wildman–Crippen MR) is 122 cm³/mol. The fraction of sp³-hybridized carbons (Fsp3) is 0.250. The normalized spacial score (nSPS) is 16.6. The first-order valence-electron chi connectivity index (χ1n) is 10.5. The van der Waals surface area contributed by atoms with Gasteiger partial charge in [0.05, 0.1) is 19.2 Å². The van der Waals surface area contributed by atoms with Crippen molar-refractivity contribution >= 4 is 10.9 Å². The van der Waals surface area contributed by atoms with Crippen LogP contribution in [0.1, 0.15) is 41.4 Å². The highest BCUT2D eigenvalue weighted by Crippen LogP contribution is 2.36. The number of nitrogens with zero attached hydrogens (tertiary/aromatic N) is 1. The molecular weight excluding hydrogens is 408 g/mol. The second-order valence-corrected chi connectivity index (χ2v) is 8.02. The Balaban J connectivity index is 1.68. The van der Waals surface area contributed by atoms with Gasteiger partial charge in [0.25, 0.3) is 5.56 Å². The van der Waals surface area contributed by atoms with E-state index in [2.05, 4.69) is 15.3 Å². The van der Waals surface area contributed by atoms with Crippen molar-refractivity contribution in [2.24, 2.45) is 0 Å². The van der Waals surface area contributed by atoms with Crippen molar-refractivity contribution in [2.45, 2.75) is 25.4 Å². The molecule has 0 amide bonds. The summed E-state index contributed by atoms with van der Waals surface area (Å²) in [6.45, 7) is 2.43. The highest BCUT2D eigenvalue weighted by atomic mass is 16.5. The van der Waals surface area contributed by atoms with Crippen LogP contribution in [0.2, 0.25) is 0 Å². The summed E-state index contributed by atoms with van der Waals surface area (Å²) < 4.78 is 6.60. The number of aromatic amines is 2. The van der Waals surface area contributed by atoms with Gasteiger partial charge in [0.15, 0.2) is 0 Å². The largest absolute Gasteiger partial charge is 0.497 e. The van der Waals surface area contributed by atoms with Crippen LogP contribution in [0.5, 0.6) is 11.6 Å². The van der Waals surface area contributed by atoms with Crippen molar-refractivity contribution in [1.82, 2.24) is 19.9 Å². The number of hydrogen-bond donors (Lipinski definition) is 4. The zero-order valence-electron chi connectivity index (χ0n) is 17.8. The van der Waals surface area contributed by atoms with Gasteiger partial charge in [-0.1, -0.05) is 30.3 Å². The van der Waals surface area contributed by atoms with Gasteiger partial charge in [-0.15, -0.1) is 0 Å². The Morgan fingerprint density at radius 2 is 1.91 bits per heavy atom. The minimum Gasteiger partial charge on any atom is -0.497 e. The molecule has 0 saturated heterocycles. The SMILES string of the molecule is COc1ccc2[nH]c3c(c2c1)CCN[C@@H]3c1c(O)n([C@H](C)c2ccccc2)c(=O)[nH]c1=O. The Morgan fingerprint density at radius 1 is 1.12 bits per heavy atom. The van der Waals surface area contributed by atoms with Crippen LogP contribution in [0.4, 0.5) is 0 Å². The number of fused-ring (bicyclic) bond motifs is 3. The summed E-state index contributed by atoms with van der Waals surface area (Å²) in [5.41, 5.74) is 2.50. The number of benzene rings is 2. The summed E-state index contributed by atoms with van der Waals surface area (Å²) in [4.78, 5) is 31.4. The summed E-state index contributed by atoms with van der Waals surface area (Å²) in [6.07, 6.45) is 0.762. The average Bonchev–Trinajstić information content (AvgIpc) is 3.18. The van der Waals surface area contributed by atoms with Crippen LogP contribution in [0.25, 0.3) is 10.9 Å². The number of nitrogens with one attached hydrogen (secondary N) is 3. The molecule has 0 bridgehead atoms. The van der Waals surface area contributed by atoms with Crippen LogP contribution in [0, 0.1) is 0 Å². The van der Waals surface area contributed by atoms with Crippen molar-refractivity contribution in [3.8, 4) is 11.6 Å². The highest BCUT2D eigenvalue weighted by Gasteiger charge is 2.32. The highest BCUT2D eigenvalue weighted by molar-refractivity contribution is 5.86. The van der Waals surface area contributed by atoms with E-state index in [4.69, 9.17) is 4.74 Å². The number of H-pyrrole nitrogens is 2. The van der Waals surface area contributed by atoms with E-state index >= 15 is 0 Å². The molecule has 32 heavy (non-hydrogen) atoms. The lowest BCUT2D eigenvalue weighted by Crippen LogP contribution is -2.39. The van der Waals surface area contributed by atoms with E-state index in [0.29, 0.717) is 6.54 Å². The third-order valence-corrected chi connectivity index (χ3v) is 6.27.